The molecule has 0 aromatic carbocycles. The number of nitrogens with zero attached hydrogens (tertiary/aromatic N) is 2. The van der Waals surface area contributed by atoms with Crippen molar-refractivity contribution in [3.8, 4) is 6.07 Å². The Morgan fingerprint density at radius 2 is 1.80 bits per heavy atom. The predicted octanol–water partition coefficient (Wildman–Crippen LogP) is 3.05. The molecule has 0 spiro atoms. The first-order chi connectivity index (χ1) is 7.13. The van der Waals surface area contributed by atoms with Crippen molar-refractivity contribution in [2.45, 2.75) is 52.5 Å². The summed E-state index contributed by atoms with van der Waals surface area (Å²) >= 11 is 0. The van der Waals surface area contributed by atoms with Crippen LogP contribution in [0, 0.1) is 23.2 Å². The summed E-state index contributed by atoms with van der Waals surface area (Å²) in [7, 11) is 0. The van der Waals surface area contributed by atoms with E-state index < -0.39 is 0 Å². The molecule has 0 aromatic heterocycles. The monoisotopic (exact) mass is 208 g/mol. The number of hydrogen-bond acceptors (Lipinski definition) is 2. The molecule has 1 aliphatic carbocycles. The standard InChI is InChI=1S/C13H24N2/c1-11(2)9-15(10-12(3)8-14)13-6-4-5-7-13/h11-13H,4-7,9-10H2,1-3H3. The summed E-state index contributed by atoms with van der Waals surface area (Å²) in [4.78, 5) is 2.55. The highest BCUT2D eigenvalue weighted by Crippen LogP contribution is 2.24. The molecule has 2 nitrogen and oxygen atoms in total. The van der Waals surface area contributed by atoms with Gasteiger partial charge in [-0.15, -0.1) is 0 Å². The van der Waals surface area contributed by atoms with Gasteiger partial charge in [0.05, 0.1) is 12.0 Å². The maximum Gasteiger partial charge on any atom is 0.0666 e. The van der Waals surface area contributed by atoms with Crippen LogP contribution in [0.2, 0.25) is 0 Å². The topological polar surface area (TPSA) is 27.0 Å². The maximum absolute atomic E-state index is 8.88. The first-order valence-electron chi connectivity index (χ1n) is 6.27. The van der Waals surface area contributed by atoms with E-state index in [0.717, 1.165) is 19.1 Å². The Bertz CT molecular complexity index is 211. The van der Waals surface area contributed by atoms with Gasteiger partial charge in [-0.1, -0.05) is 26.7 Å². The normalized spacial score (nSPS) is 19.7. The van der Waals surface area contributed by atoms with E-state index in [4.69, 9.17) is 5.26 Å². The third kappa shape index (κ3) is 4.22. The molecule has 0 radical (unpaired) electrons. The molecule has 1 unspecified atom stereocenters. The molecule has 0 N–H and O–H groups in total. The fraction of sp³-hybridized carbons (Fsp3) is 0.923. The lowest BCUT2D eigenvalue weighted by molar-refractivity contribution is 0.165. The summed E-state index contributed by atoms with van der Waals surface area (Å²) in [6.07, 6.45) is 5.43. The summed E-state index contributed by atoms with van der Waals surface area (Å²) in [6.45, 7) is 8.66. The lowest BCUT2D eigenvalue weighted by Crippen LogP contribution is -2.39. The van der Waals surface area contributed by atoms with E-state index in [1.807, 2.05) is 6.92 Å². The van der Waals surface area contributed by atoms with Crippen LogP contribution >= 0.6 is 0 Å². The molecular weight excluding hydrogens is 184 g/mol. The molecule has 0 saturated heterocycles. The summed E-state index contributed by atoms with van der Waals surface area (Å²) < 4.78 is 0. The lowest BCUT2D eigenvalue weighted by atomic mass is 10.1. The molecule has 1 atom stereocenters. The van der Waals surface area contributed by atoms with Crippen molar-refractivity contribution < 1.29 is 0 Å². The second-order valence-electron chi connectivity index (χ2n) is 5.32. The highest BCUT2D eigenvalue weighted by atomic mass is 15.2. The van der Waals surface area contributed by atoms with Crippen LogP contribution in [-0.4, -0.2) is 24.0 Å². The first-order valence-corrected chi connectivity index (χ1v) is 6.27. The van der Waals surface area contributed by atoms with E-state index >= 15 is 0 Å². The van der Waals surface area contributed by atoms with Crippen molar-refractivity contribution >= 4 is 0 Å². The number of hydrogen-bond donors (Lipinski definition) is 0. The molecule has 2 heteroatoms. The molecule has 86 valence electrons. The summed E-state index contributed by atoms with van der Waals surface area (Å²) in [6, 6.07) is 3.10. The number of rotatable bonds is 5. The Morgan fingerprint density at radius 1 is 1.20 bits per heavy atom. The molecule has 0 heterocycles. The molecule has 15 heavy (non-hydrogen) atoms. The van der Waals surface area contributed by atoms with E-state index in [0.29, 0.717) is 5.92 Å². The fourth-order valence-corrected chi connectivity index (χ4v) is 2.50. The molecule has 1 aliphatic rings. The largest absolute Gasteiger partial charge is 0.299 e. The van der Waals surface area contributed by atoms with E-state index in [1.165, 1.54) is 25.7 Å². The van der Waals surface area contributed by atoms with Crippen molar-refractivity contribution in [3.63, 3.8) is 0 Å². The molecule has 0 aliphatic heterocycles. The van der Waals surface area contributed by atoms with Gasteiger partial charge >= 0.3 is 0 Å². The van der Waals surface area contributed by atoms with Gasteiger partial charge in [-0.05, 0) is 25.7 Å². The van der Waals surface area contributed by atoms with Crippen LogP contribution in [0.3, 0.4) is 0 Å². The highest BCUT2D eigenvalue weighted by Gasteiger charge is 2.24. The molecule has 1 fully saturated rings. The second-order valence-corrected chi connectivity index (χ2v) is 5.32. The average molecular weight is 208 g/mol. The maximum atomic E-state index is 8.88. The SMILES string of the molecule is CC(C)CN(CC(C)C#N)C1CCCC1. The van der Waals surface area contributed by atoms with Gasteiger partial charge in [0.15, 0.2) is 0 Å². The Balaban J connectivity index is 2.48. The van der Waals surface area contributed by atoms with Crippen LogP contribution in [0.1, 0.15) is 46.5 Å². The predicted molar refractivity (Wildman–Crippen MR) is 63.4 cm³/mol. The zero-order valence-electron chi connectivity index (χ0n) is 10.4. The minimum atomic E-state index is 0.171. The Hall–Kier alpha value is -0.550. The smallest absolute Gasteiger partial charge is 0.0666 e. The zero-order valence-corrected chi connectivity index (χ0v) is 10.4. The van der Waals surface area contributed by atoms with Crippen LogP contribution in [0.4, 0.5) is 0 Å². The molecule has 0 aromatic rings. The van der Waals surface area contributed by atoms with Crippen LogP contribution < -0.4 is 0 Å². The van der Waals surface area contributed by atoms with E-state index in [9.17, 15) is 0 Å². The van der Waals surface area contributed by atoms with Gasteiger partial charge < -0.3 is 0 Å². The molecule has 0 amide bonds. The third-order valence-corrected chi connectivity index (χ3v) is 3.17. The van der Waals surface area contributed by atoms with Crippen molar-refractivity contribution in [1.82, 2.24) is 4.90 Å². The number of nitriles is 1. The van der Waals surface area contributed by atoms with E-state index in [2.05, 4.69) is 24.8 Å². The fourth-order valence-electron chi connectivity index (χ4n) is 2.50. The quantitative estimate of drug-likeness (QED) is 0.694. The summed E-state index contributed by atoms with van der Waals surface area (Å²) in [5.41, 5.74) is 0. The highest BCUT2D eigenvalue weighted by molar-refractivity contribution is 4.85. The summed E-state index contributed by atoms with van der Waals surface area (Å²) in [5, 5.41) is 8.88. The molecule has 1 rings (SSSR count). The van der Waals surface area contributed by atoms with Gasteiger partial charge in [-0.25, -0.2) is 0 Å². The Labute approximate surface area is 94.3 Å². The van der Waals surface area contributed by atoms with Crippen LogP contribution in [0.5, 0.6) is 0 Å². The van der Waals surface area contributed by atoms with Gasteiger partial charge in [0.1, 0.15) is 0 Å². The molecule has 0 bridgehead atoms. The van der Waals surface area contributed by atoms with Gasteiger partial charge in [0.25, 0.3) is 0 Å². The van der Waals surface area contributed by atoms with E-state index in [-0.39, 0.29) is 5.92 Å². The Morgan fingerprint density at radius 3 is 2.27 bits per heavy atom. The third-order valence-electron chi connectivity index (χ3n) is 3.17. The van der Waals surface area contributed by atoms with Crippen molar-refractivity contribution in [2.75, 3.05) is 13.1 Å². The van der Waals surface area contributed by atoms with Crippen LogP contribution in [-0.2, 0) is 0 Å². The average Bonchev–Trinajstić information content (AvgIpc) is 2.68. The molecule has 1 saturated carbocycles. The van der Waals surface area contributed by atoms with Crippen LogP contribution in [0.25, 0.3) is 0 Å². The Kier molecular flexibility index (Phi) is 5.11. The summed E-state index contributed by atoms with van der Waals surface area (Å²) in [5.74, 6) is 0.876. The first kappa shape index (κ1) is 12.5. The van der Waals surface area contributed by atoms with Gasteiger partial charge in [-0.3, -0.25) is 4.90 Å². The van der Waals surface area contributed by atoms with E-state index in [1.54, 1.807) is 0 Å². The van der Waals surface area contributed by atoms with Crippen molar-refractivity contribution in [2.24, 2.45) is 11.8 Å². The molecular formula is C13H24N2. The van der Waals surface area contributed by atoms with Gasteiger partial charge in [0, 0.05) is 19.1 Å². The van der Waals surface area contributed by atoms with Crippen LogP contribution in [0.15, 0.2) is 0 Å². The van der Waals surface area contributed by atoms with Gasteiger partial charge in [0.2, 0.25) is 0 Å². The van der Waals surface area contributed by atoms with Gasteiger partial charge in [-0.2, -0.15) is 5.26 Å². The minimum Gasteiger partial charge on any atom is -0.299 e. The minimum absolute atomic E-state index is 0.171. The zero-order chi connectivity index (χ0) is 11.3. The second kappa shape index (κ2) is 6.12. The lowest BCUT2D eigenvalue weighted by Gasteiger charge is -2.31. The van der Waals surface area contributed by atoms with Crippen molar-refractivity contribution in [3.05, 3.63) is 0 Å². The van der Waals surface area contributed by atoms with Crippen molar-refractivity contribution in [1.29, 1.82) is 5.26 Å².